The first-order valence-electron chi connectivity index (χ1n) is 5.69. The quantitative estimate of drug-likeness (QED) is 0.675. The zero-order valence-electron chi connectivity index (χ0n) is 10.6. The van der Waals surface area contributed by atoms with Gasteiger partial charge in [0.25, 0.3) is 0 Å². The molecule has 1 rings (SSSR count). The van der Waals surface area contributed by atoms with Gasteiger partial charge in [0.05, 0.1) is 17.3 Å². The lowest BCUT2D eigenvalue weighted by molar-refractivity contribution is 0.886. The zero-order valence-corrected chi connectivity index (χ0v) is 10.6. The minimum absolute atomic E-state index is 0.683. The van der Waals surface area contributed by atoms with Crippen LogP contribution in [0.15, 0.2) is 23.2 Å². The molecule has 2 heteroatoms. The molecule has 0 atom stereocenters. The van der Waals surface area contributed by atoms with Crippen LogP contribution in [0.3, 0.4) is 0 Å². The molecule has 0 aliphatic heterocycles. The number of hydrogen-bond donors (Lipinski definition) is 0. The fraction of sp³-hybridized carbons (Fsp3) is 0.429. The van der Waals surface area contributed by atoms with Gasteiger partial charge in [0, 0.05) is 6.21 Å². The summed E-state index contributed by atoms with van der Waals surface area (Å²) in [6.07, 6.45) is 4.38. The molecule has 1 aromatic rings. The predicted octanol–water partition coefficient (Wildman–Crippen LogP) is 4.40. The number of nitrogens with zero attached hydrogens (tertiary/aromatic N) is 2. The van der Waals surface area contributed by atoms with E-state index in [0.717, 1.165) is 11.3 Å². The lowest BCUT2D eigenvalue weighted by Gasteiger charge is -1.98. The number of hydrogen-bond acceptors (Lipinski definition) is 2. The van der Waals surface area contributed by atoms with E-state index < -0.39 is 0 Å². The Bertz CT molecular complexity index is 371. The molecule has 0 aliphatic rings. The van der Waals surface area contributed by atoms with Crippen molar-refractivity contribution in [2.75, 3.05) is 0 Å². The van der Waals surface area contributed by atoms with Gasteiger partial charge >= 0.3 is 0 Å². The van der Waals surface area contributed by atoms with E-state index in [0.29, 0.717) is 5.56 Å². The molecule has 0 aliphatic carbocycles. The Morgan fingerprint density at radius 1 is 1.31 bits per heavy atom. The molecule has 0 fully saturated rings. The van der Waals surface area contributed by atoms with Crippen molar-refractivity contribution in [2.24, 2.45) is 4.99 Å². The van der Waals surface area contributed by atoms with E-state index in [9.17, 15) is 0 Å². The first-order chi connectivity index (χ1) is 7.69. The minimum Gasteiger partial charge on any atom is -0.261 e. The Balaban J connectivity index is 0.000000487. The predicted molar refractivity (Wildman–Crippen MR) is 70.3 cm³/mol. The maximum absolute atomic E-state index is 8.59. The molecular formula is C14H20N2. The van der Waals surface area contributed by atoms with Crippen LogP contribution in [0.2, 0.25) is 0 Å². The number of benzene rings is 1. The Hall–Kier alpha value is -1.62. The van der Waals surface area contributed by atoms with Gasteiger partial charge in [0.2, 0.25) is 0 Å². The zero-order chi connectivity index (χ0) is 12.4. The number of aryl methyl sites for hydroxylation is 1. The fourth-order valence-electron chi connectivity index (χ4n) is 1.01. The summed E-state index contributed by atoms with van der Waals surface area (Å²) in [7, 11) is 0. The van der Waals surface area contributed by atoms with Gasteiger partial charge in [0.1, 0.15) is 0 Å². The van der Waals surface area contributed by atoms with E-state index in [-0.39, 0.29) is 0 Å². The van der Waals surface area contributed by atoms with Gasteiger partial charge in [-0.3, -0.25) is 4.99 Å². The van der Waals surface area contributed by atoms with Gasteiger partial charge in [-0.1, -0.05) is 26.7 Å². The van der Waals surface area contributed by atoms with Crippen LogP contribution >= 0.6 is 0 Å². The van der Waals surface area contributed by atoms with E-state index in [1.165, 1.54) is 12.8 Å². The second kappa shape index (κ2) is 8.67. The summed E-state index contributed by atoms with van der Waals surface area (Å²) in [5.41, 5.74) is 2.64. The molecule has 0 aromatic heterocycles. The van der Waals surface area contributed by atoms with Crippen LogP contribution in [-0.2, 0) is 0 Å². The number of unbranched alkanes of at least 4 members (excludes halogenated alkanes) is 1. The van der Waals surface area contributed by atoms with Gasteiger partial charge in [-0.15, -0.1) is 0 Å². The molecule has 0 heterocycles. The van der Waals surface area contributed by atoms with E-state index >= 15 is 0 Å². The smallest absolute Gasteiger partial charge is 0.0991 e. The van der Waals surface area contributed by atoms with Crippen molar-refractivity contribution >= 4 is 11.9 Å². The second-order valence-electron chi connectivity index (χ2n) is 3.50. The first-order valence-corrected chi connectivity index (χ1v) is 5.69. The third-order valence-electron chi connectivity index (χ3n) is 2.09. The molecule has 0 bridgehead atoms. The van der Waals surface area contributed by atoms with Crippen LogP contribution in [0, 0.1) is 18.3 Å². The van der Waals surface area contributed by atoms with Crippen molar-refractivity contribution in [3.05, 3.63) is 29.3 Å². The van der Waals surface area contributed by atoms with Crippen molar-refractivity contribution in [2.45, 2.75) is 40.5 Å². The van der Waals surface area contributed by atoms with Crippen LogP contribution in [0.4, 0.5) is 5.69 Å². The molecule has 86 valence electrons. The monoisotopic (exact) mass is 216 g/mol. The Morgan fingerprint density at radius 2 is 1.94 bits per heavy atom. The lowest BCUT2D eigenvalue weighted by Crippen LogP contribution is -1.78. The van der Waals surface area contributed by atoms with Crippen LogP contribution in [-0.4, -0.2) is 6.21 Å². The highest BCUT2D eigenvalue weighted by molar-refractivity contribution is 5.63. The van der Waals surface area contributed by atoms with E-state index in [1.807, 2.05) is 26.0 Å². The molecule has 0 spiro atoms. The molecule has 0 radical (unpaired) electrons. The SMILES string of the molecule is CC=Nc1ccc(C#N)cc1C.CCCC. The summed E-state index contributed by atoms with van der Waals surface area (Å²) in [4.78, 5) is 4.15. The molecule has 0 amide bonds. The highest BCUT2D eigenvalue weighted by Gasteiger charge is 1.96. The average Bonchev–Trinajstić information content (AvgIpc) is 2.32. The Kier molecular flexibility index (Phi) is 7.79. The van der Waals surface area contributed by atoms with E-state index in [1.54, 1.807) is 12.3 Å². The first kappa shape index (κ1) is 14.4. The number of rotatable bonds is 2. The van der Waals surface area contributed by atoms with Crippen molar-refractivity contribution in [1.82, 2.24) is 0 Å². The molecule has 0 saturated heterocycles. The summed E-state index contributed by atoms with van der Waals surface area (Å²) in [6.45, 7) is 8.18. The highest BCUT2D eigenvalue weighted by Crippen LogP contribution is 2.18. The minimum atomic E-state index is 0.683. The molecule has 0 N–H and O–H groups in total. The number of nitriles is 1. The summed E-state index contributed by atoms with van der Waals surface area (Å²) >= 11 is 0. The van der Waals surface area contributed by atoms with Gasteiger partial charge in [-0.05, 0) is 37.6 Å². The standard InChI is InChI=1S/C10H10N2.C4H10/c1-3-12-10-5-4-9(7-11)6-8(10)2;1-3-4-2/h3-6H,1-2H3;3-4H2,1-2H3. The lowest BCUT2D eigenvalue weighted by atomic mass is 10.1. The highest BCUT2D eigenvalue weighted by atomic mass is 14.7. The fourth-order valence-corrected chi connectivity index (χ4v) is 1.01. The van der Waals surface area contributed by atoms with Gasteiger partial charge < -0.3 is 0 Å². The molecule has 0 saturated carbocycles. The van der Waals surface area contributed by atoms with Crippen LogP contribution < -0.4 is 0 Å². The Labute approximate surface area is 98.6 Å². The van der Waals surface area contributed by atoms with Crippen LogP contribution in [0.25, 0.3) is 0 Å². The normalized spacial score (nSPS) is 9.44. The van der Waals surface area contributed by atoms with Crippen LogP contribution in [0.5, 0.6) is 0 Å². The summed E-state index contributed by atoms with van der Waals surface area (Å²) in [5, 5.41) is 8.59. The van der Waals surface area contributed by atoms with Gasteiger partial charge in [0.15, 0.2) is 0 Å². The van der Waals surface area contributed by atoms with E-state index in [2.05, 4.69) is 24.9 Å². The molecular weight excluding hydrogens is 196 g/mol. The van der Waals surface area contributed by atoms with E-state index in [4.69, 9.17) is 5.26 Å². The molecule has 1 aromatic carbocycles. The maximum atomic E-state index is 8.59. The summed E-state index contributed by atoms with van der Waals surface area (Å²) < 4.78 is 0. The summed E-state index contributed by atoms with van der Waals surface area (Å²) in [6, 6.07) is 7.55. The third-order valence-corrected chi connectivity index (χ3v) is 2.09. The maximum Gasteiger partial charge on any atom is 0.0991 e. The van der Waals surface area contributed by atoms with Crippen molar-refractivity contribution in [3.8, 4) is 6.07 Å². The molecule has 0 unspecified atom stereocenters. The Morgan fingerprint density at radius 3 is 2.31 bits per heavy atom. The molecule has 2 nitrogen and oxygen atoms in total. The van der Waals surface area contributed by atoms with Crippen LogP contribution in [0.1, 0.15) is 44.7 Å². The van der Waals surface area contributed by atoms with Gasteiger partial charge in [-0.2, -0.15) is 5.26 Å². The molecule has 16 heavy (non-hydrogen) atoms. The third kappa shape index (κ3) is 5.31. The summed E-state index contributed by atoms with van der Waals surface area (Å²) in [5.74, 6) is 0. The van der Waals surface area contributed by atoms with Crippen molar-refractivity contribution < 1.29 is 0 Å². The number of aliphatic imine (C=N–C) groups is 1. The topological polar surface area (TPSA) is 36.1 Å². The van der Waals surface area contributed by atoms with Crippen molar-refractivity contribution in [3.63, 3.8) is 0 Å². The largest absolute Gasteiger partial charge is 0.261 e. The second-order valence-corrected chi connectivity index (χ2v) is 3.50. The average molecular weight is 216 g/mol. The van der Waals surface area contributed by atoms with Gasteiger partial charge in [-0.25, -0.2) is 0 Å². The van der Waals surface area contributed by atoms with Crippen molar-refractivity contribution in [1.29, 1.82) is 5.26 Å².